The summed E-state index contributed by atoms with van der Waals surface area (Å²) >= 11 is 1.87. The van der Waals surface area contributed by atoms with Gasteiger partial charge in [0.15, 0.2) is 0 Å². The molecule has 1 nitrogen and oxygen atoms in total. The van der Waals surface area contributed by atoms with Crippen LogP contribution in [0.25, 0.3) is 0 Å². The minimum absolute atomic E-state index is 0.518. The molecule has 1 unspecified atom stereocenters. The fraction of sp³-hybridized carbons (Fsp3) is 0.765. The average molecular weight is 282 g/mol. The van der Waals surface area contributed by atoms with Gasteiger partial charge in [0.2, 0.25) is 0 Å². The summed E-state index contributed by atoms with van der Waals surface area (Å²) in [6.07, 6.45) is 11.2. The monoisotopic (exact) mass is 281 g/mol. The maximum Gasteiger partial charge on any atom is 0.0388 e. The van der Waals surface area contributed by atoms with Gasteiger partial charge in [0, 0.05) is 10.9 Å². The highest BCUT2D eigenvalue weighted by molar-refractivity contribution is 7.10. The molecule has 0 bridgehead atoms. The van der Waals surface area contributed by atoms with Crippen molar-refractivity contribution in [3.8, 4) is 0 Å². The average Bonchev–Trinajstić information content (AvgIpc) is 2.83. The summed E-state index contributed by atoms with van der Waals surface area (Å²) in [7, 11) is 0. The fourth-order valence-electron chi connectivity index (χ4n) is 2.50. The second kappa shape index (κ2) is 10.4. The molecule has 0 aliphatic heterocycles. The molecule has 0 aromatic carbocycles. The second-order valence-corrected chi connectivity index (χ2v) is 6.57. The number of aryl methyl sites for hydroxylation is 1. The summed E-state index contributed by atoms with van der Waals surface area (Å²) in [5, 5.41) is 5.84. The van der Waals surface area contributed by atoms with Gasteiger partial charge in [-0.05, 0) is 43.8 Å². The quantitative estimate of drug-likeness (QED) is 0.502. The zero-order valence-corrected chi connectivity index (χ0v) is 13.8. The van der Waals surface area contributed by atoms with Gasteiger partial charge in [-0.2, -0.15) is 0 Å². The Morgan fingerprint density at radius 2 is 1.68 bits per heavy atom. The van der Waals surface area contributed by atoms with Crippen molar-refractivity contribution in [1.29, 1.82) is 0 Å². The Hall–Kier alpha value is -0.340. The molecule has 1 aromatic rings. The third kappa shape index (κ3) is 7.12. The first-order valence-corrected chi connectivity index (χ1v) is 8.91. The van der Waals surface area contributed by atoms with Crippen molar-refractivity contribution in [3.63, 3.8) is 0 Å². The predicted octanol–water partition coefficient (Wildman–Crippen LogP) is 5.85. The van der Waals surface area contributed by atoms with Gasteiger partial charge in [0.1, 0.15) is 0 Å². The van der Waals surface area contributed by atoms with Gasteiger partial charge < -0.3 is 5.32 Å². The van der Waals surface area contributed by atoms with Crippen LogP contribution in [0.1, 0.15) is 81.7 Å². The van der Waals surface area contributed by atoms with Gasteiger partial charge >= 0.3 is 0 Å². The van der Waals surface area contributed by atoms with Gasteiger partial charge in [-0.25, -0.2) is 0 Å². The van der Waals surface area contributed by atoms with Crippen LogP contribution < -0.4 is 5.32 Å². The maximum atomic E-state index is 3.65. The molecule has 2 heteroatoms. The normalized spacial score (nSPS) is 12.8. The van der Waals surface area contributed by atoms with Crippen molar-refractivity contribution in [2.75, 3.05) is 6.54 Å². The lowest BCUT2D eigenvalue weighted by atomic mass is 10.1. The maximum absolute atomic E-state index is 3.65. The summed E-state index contributed by atoms with van der Waals surface area (Å²) in [4.78, 5) is 1.50. The lowest BCUT2D eigenvalue weighted by Crippen LogP contribution is -2.19. The molecule has 1 aromatic heterocycles. The molecule has 0 spiro atoms. The molecule has 0 fully saturated rings. The van der Waals surface area contributed by atoms with Crippen molar-refractivity contribution in [3.05, 3.63) is 21.9 Å². The summed E-state index contributed by atoms with van der Waals surface area (Å²) < 4.78 is 0. The first kappa shape index (κ1) is 16.7. The highest BCUT2D eigenvalue weighted by Gasteiger charge is 2.08. The standard InChI is InChI=1S/C17H31NS/c1-4-5-6-7-8-9-10-11-13-18-16(3)17-15(2)12-14-19-17/h12,14,16,18H,4-11,13H2,1-3H3. The second-order valence-electron chi connectivity index (χ2n) is 5.62. The first-order chi connectivity index (χ1) is 9.25. The zero-order chi connectivity index (χ0) is 13.9. The Balaban J connectivity index is 1.95. The van der Waals surface area contributed by atoms with Crippen molar-refractivity contribution < 1.29 is 0 Å². The molecular weight excluding hydrogens is 250 g/mol. The van der Waals surface area contributed by atoms with E-state index in [2.05, 4.69) is 37.5 Å². The molecular formula is C17H31NS. The van der Waals surface area contributed by atoms with E-state index in [1.54, 1.807) is 0 Å². The Morgan fingerprint density at radius 3 is 2.26 bits per heavy atom. The summed E-state index contributed by atoms with van der Waals surface area (Å²) in [5.41, 5.74) is 1.43. The topological polar surface area (TPSA) is 12.0 Å². The van der Waals surface area contributed by atoms with Crippen LogP contribution in [0.3, 0.4) is 0 Å². The number of unbranched alkanes of at least 4 members (excludes halogenated alkanes) is 7. The van der Waals surface area contributed by atoms with E-state index in [9.17, 15) is 0 Å². The Kier molecular flexibility index (Phi) is 9.19. The number of rotatable bonds is 11. The molecule has 1 heterocycles. The number of hydrogen-bond donors (Lipinski definition) is 1. The summed E-state index contributed by atoms with van der Waals surface area (Å²) in [6.45, 7) is 7.93. The minimum atomic E-state index is 0.518. The number of nitrogens with one attached hydrogen (secondary N) is 1. The van der Waals surface area contributed by atoms with Crippen LogP contribution in [-0.2, 0) is 0 Å². The van der Waals surface area contributed by atoms with Crippen LogP contribution in [0.15, 0.2) is 11.4 Å². The van der Waals surface area contributed by atoms with Gasteiger partial charge in [0.05, 0.1) is 0 Å². The van der Waals surface area contributed by atoms with E-state index < -0.39 is 0 Å². The van der Waals surface area contributed by atoms with E-state index in [1.807, 2.05) is 11.3 Å². The fourth-order valence-corrected chi connectivity index (χ4v) is 3.46. The van der Waals surface area contributed by atoms with E-state index in [4.69, 9.17) is 0 Å². The third-order valence-electron chi connectivity index (χ3n) is 3.78. The molecule has 110 valence electrons. The highest BCUT2D eigenvalue weighted by atomic mass is 32.1. The number of thiophene rings is 1. The lowest BCUT2D eigenvalue weighted by Gasteiger charge is -2.13. The van der Waals surface area contributed by atoms with E-state index in [0.717, 1.165) is 6.54 Å². The smallest absolute Gasteiger partial charge is 0.0388 e. The summed E-state index contributed by atoms with van der Waals surface area (Å²) in [6, 6.07) is 2.73. The molecule has 0 aliphatic carbocycles. The van der Waals surface area contributed by atoms with E-state index in [-0.39, 0.29) is 0 Å². The van der Waals surface area contributed by atoms with Gasteiger partial charge in [-0.3, -0.25) is 0 Å². The Morgan fingerprint density at radius 1 is 1.05 bits per heavy atom. The van der Waals surface area contributed by atoms with Crippen molar-refractivity contribution >= 4 is 11.3 Å². The van der Waals surface area contributed by atoms with Crippen LogP contribution >= 0.6 is 11.3 Å². The van der Waals surface area contributed by atoms with Crippen LogP contribution in [0.4, 0.5) is 0 Å². The van der Waals surface area contributed by atoms with E-state index >= 15 is 0 Å². The molecule has 1 rings (SSSR count). The third-order valence-corrected chi connectivity index (χ3v) is 4.98. The van der Waals surface area contributed by atoms with Gasteiger partial charge in [-0.1, -0.05) is 51.9 Å². The lowest BCUT2D eigenvalue weighted by molar-refractivity contribution is 0.524. The molecule has 0 saturated heterocycles. The first-order valence-electron chi connectivity index (χ1n) is 8.03. The molecule has 1 atom stereocenters. The van der Waals surface area contributed by atoms with Crippen molar-refractivity contribution in [1.82, 2.24) is 5.32 Å². The Bertz CT molecular complexity index is 319. The van der Waals surface area contributed by atoms with Crippen LogP contribution in [0.5, 0.6) is 0 Å². The molecule has 0 amide bonds. The predicted molar refractivity (Wildman–Crippen MR) is 88.1 cm³/mol. The largest absolute Gasteiger partial charge is 0.309 e. The molecule has 1 N–H and O–H groups in total. The van der Waals surface area contributed by atoms with E-state index in [0.29, 0.717) is 6.04 Å². The SMILES string of the molecule is CCCCCCCCCCNC(C)c1sccc1C. The van der Waals surface area contributed by atoms with Crippen molar-refractivity contribution in [2.45, 2.75) is 78.2 Å². The van der Waals surface area contributed by atoms with Gasteiger partial charge in [0.25, 0.3) is 0 Å². The zero-order valence-electron chi connectivity index (χ0n) is 13.0. The van der Waals surface area contributed by atoms with Gasteiger partial charge in [-0.15, -0.1) is 11.3 Å². The molecule has 0 radical (unpaired) electrons. The molecule has 0 aliphatic rings. The number of hydrogen-bond acceptors (Lipinski definition) is 2. The van der Waals surface area contributed by atoms with Crippen LogP contribution in [0.2, 0.25) is 0 Å². The highest BCUT2D eigenvalue weighted by Crippen LogP contribution is 2.23. The van der Waals surface area contributed by atoms with Crippen LogP contribution in [0, 0.1) is 6.92 Å². The molecule has 19 heavy (non-hydrogen) atoms. The minimum Gasteiger partial charge on any atom is -0.309 e. The van der Waals surface area contributed by atoms with Crippen LogP contribution in [-0.4, -0.2) is 6.54 Å². The summed E-state index contributed by atoms with van der Waals surface area (Å²) in [5.74, 6) is 0. The van der Waals surface area contributed by atoms with E-state index in [1.165, 1.54) is 61.8 Å². The molecule has 0 saturated carbocycles. The Labute approximate surface area is 123 Å². The van der Waals surface area contributed by atoms with Crippen molar-refractivity contribution in [2.24, 2.45) is 0 Å².